The summed E-state index contributed by atoms with van der Waals surface area (Å²) in [5.74, 6) is -0.00206. The highest BCUT2D eigenvalue weighted by molar-refractivity contribution is 8.00. The molecule has 0 fully saturated rings. The van der Waals surface area contributed by atoms with E-state index in [1.54, 1.807) is 17.7 Å². The smallest absolute Gasteiger partial charge is 0.237 e. The maximum absolute atomic E-state index is 13.0. The number of anilines is 1. The molecule has 30 heavy (non-hydrogen) atoms. The van der Waals surface area contributed by atoms with E-state index in [1.807, 2.05) is 51.1 Å². The third kappa shape index (κ3) is 4.55. The Morgan fingerprint density at radius 3 is 2.50 bits per heavy atom. The van der Waals surface area contributed by atoms with Crippen LogP contribution < -0.4 is 5.32 Å². The summed E-state index contributed by atoms with van der Waals surface area (Å²) in [7, 11) is 0. The minimum Gasteiger partial charge on any atom is -0.325 e. The van der Waals surface area contributed by atoms with Gasteiger partial charge >= 0.3 is 0 Å². The van der Waals surface area contributed by atoms with Crippen LogP contribution in [0.5, 0.6) is 0 Å². The monoisotopic (exact) mass is 433 g/mol. The van der Waals surface area contributed by atoms with Crippen LogP contribution in [0.2, 0.25) is 0 Å². The Labute approximate surface area is 184 Å². The first kappa shape index (κ1) is 20.6. The molecule has 6 heteroatoms. The molecule has 0 spiro atoms. The number of benzene rings is 2. The predicted octanol–water partition coefficient (Wildman–Crippen LogP) is 6.48. The summed E-state index contributed by atoms with van der Waals surface area (Å²) in [5.41, 5.74) is 4.27. The summed E-state index contributed by atoms with van der Waals surface area (Å²) in [4.78, 5) is 24.0. The number of carbonyl (C=O) groups excluding carboxylic acids is 1. The minimum absolute atomic E-state index is 0.00206. The number of fused-ring (bicyclic) bond motifs is 1. The summed E-state index contributed by atoms with van der Waals surface area (Å²) in [5, 5.41) is 4.69. The van der Waals surface area contributed by atoms with Crippen molar-refractivity contribution in [1.29, 1.82) is 0 Å². The molecule has 0 bridgehead atoms. The van der Waals surface area contributed by atoms with Crippen LogP contribution in [0.4, 0.5) is 5.69 Å². The first-order chi connectivity index (χ1) is 14.5. The molecule has 0 radical (unpaired) electrons. The zero-order valence-electron chi connectivity index (χ0n) is 17.2. The SMILES string of the molecule is CCC(Sc1ncnc2sc(-c3ccccc3)cc12)C(=O)Nc1cc(C)cc(C)c1. The van der Waals surface area contributed by atoms with E-state index >= 15 is 0 Å². The van der Waals surface area contributed by atoms with Gasteiger partial charge in [0.15, 0.2) is 0 Å². The molecule has 1 unspecified atom stereocenters. The Morgan fingerprint density at radius 1 is 1.07 bits per heavy atom. The standard InChI is InChI=1S/C24H23N3OS2/c1-4-20(22(28)27-18-11-15(2)10-16(3)12-18)29-23-19-13-21(17-8-6-5-7-9-17)30-24(19)26-14-25-23/h5-14,20H,4H2,1-3H3,(H,27,28). The van der Waals surface area contributed by atoms with Gasteiger partial charge in [0.2, 0.25) is 5.91 Å². The number of amides is 1. The number of nitrogens with zero attached hydrogens (tertiary/aromatic N) is 2. The second kappa shape index (κ2) is 8.98. The van der Waals surface area contributed by atoms with E-state index in [-0.39, 0.29) is 11.2 Å². The largest absolute Gasteiger partial charge is 0.325 e. The molecular formula is C24H23N3OS2. The molecule has 2 heterocycles. The zero-order chi connectivity index (χ0) is 21.1. The molecule has 0 aliphatic rings. The van der Waals surface area contributed by atoms with E-state index < -0.39 is 0 Å². The maximum atomic E-state index is 13.0. The Kier molecular flexibility index (Phi) is 6.16. The van der Waals surface area contributed by atoms with Crippen molar-refractivity contribution < 1.29 is 4.79 Å². The van der Waals surface area contributed by atoms with Crippen molar-refractivity contribution in [3.8, 4) is 10.4 Å². The second-order valence-electron chi connectivity index (χ2n) is 7.25. The van der Waals surface area contributed by atoms with E-state index in [9.17, 15) is 4.79 Å². The van der Waals surface area contributed by atoms with E-state index in [4.69, 9.17) is 0 Å². The molecule has 4 nitrogen and oxygen atoms in total. The van der Waals surface area contributed by atoms with Gasteiger partial charge in [-0.25, -0.2) is 9.97 Å². The molecule has 1 N–H and O–H groups in total. The average Bonchev–Trinajstić information content (AvgIpc) is 3.17. The van der Waals surface area contributed by atoms with Crippen molar-refractivity contribution in [2.45, 2.75) is 37.5 Å². The lowest BCUT2D eigenvalue weighted by atomic mass is 10.1. The lowest BCUT2D eigenvalue weighted by molar-refractivity contribution is -0.115. The highest BCUT2D eigenvalue weighted by atomic mass is 32.2. The fourth-order valence-corrected chi connectivity index (χ4v) is 5.46. The first-order valence-electron chi connectivity index (χ1n) is 9.89. The molecule has 2 aromatic carbocycles. The number of hydrogen-bond acceptors (Lipinski definition) is 5. The van der Waals surface area contributed by atoms with E-state index in [0.29, 0.717) is 6.42 Å². The van der Waals surface area contributed by atoms with Gasteiger partial charge in [0, 0.05) is 16.0 Å². The van der Waals surface area contributed by atoms with Crippen molar-refractivity contribution in [1.82, 2.24) is 9.97 Å². The molecule has 152 valence electrons. The fraction of sp³-hybridized carbons (Fsp3) is 0.208. The van der Waals surface area contributed by atoms with Crippen LogP contribution in [0.25, 0.3) is 20.7 Å². The summed E-state index contributed by atoms with van der Waals surface area (Å²) in [6.45, 7) is 6.10. The zero-order valence-corrected chi connectivity index (χ0v) is 18.8. The molecule has 1 amide bonds. The van der Waals surface area contributed by atoms with Crippen molar-refractivity contribution in [3.05, 3.63) is 72.1 Å². The molecule has 0 aliphatic heterocycles. The highest BCUT2D eigenvalue weighted by Crippen LogP contribution is 2.37. The van der Waals surface area contributed by atoms with Gasteiger partial charge < -0.3 is 5.32 Å². The van der Waals surface area contributed by atoms with Crippen LogP contribution in [-0.2, 0) is 4.79 Å². The van der Waals surface area contributed by atoms with Gasteiger partial charge in [-0.1, -0.05) is 55.1 Å². The second-order valence-corrected chi connectivity index (χ2v) is 9.48. The molecule has 2 aromatic heterocycles. The van der Waals surface area contributed by atoms with Crippen molar-refractivity contribution in [2.75, 3.05) is 5.32 Å². The van der Waals surface area contributed by atoms with Gasteiger partial charge in [-0.2, -0.15) is 0 Å². The Hall–Kier alpha value is -2.70. The van der Waals surface area contributed by atoms with Gasteiger partial charge in [0.25, 0.3) is 0 Å². The van der Waals surface area contributed by atoms with Crippen molar-refractivity contribution in [2.24, 2.45) is 0 Å². The molecule has 4 aromatic rings. The van der Waals surface area contributed by atoms with E-state index in [2.05, 4.69) is 39.6 Å². The van der Waals surface area contributed by atoms with E-state index in [1.165, 1.54) is 11.8 Å². The van der Waals surface area contributed by atoms with Crippen molar-refractivity contribution >= 4 is 44.9 Å². The van der Waals surface area contributed by atoms with Crippen LogP contribution in [0.3, 0.4) is 0 Å². The fourth-order valence-electron chi connectivity index (χ4n) is 3.40. The van der Waals surface area contributed by atoms with Crippen LogP contribution in [0.1, 0.15) is 24.5 Å². The molecule has 1 atom stereocenters. The lowest BCUT2D eigenvalue weighted by Crippen LogP contribution is -2.24. The number of thiophene rings is 1. The van der Waals surface area contributed by atoms with Gasteiger partial charge in [0.05, 0.1) is 5.25 Å². The maximum Gasteiger partial charge on any atom is 0.237 e. The van der Waals surface area contributed by atoms with Gasteiger partial charge in [0.1, 0.15) is 16.2 Å². The van der Waals surface area contributed by atoms with Gasteiger partial charge in [-0.3, -0.25) is 4.79 Å². The van der Waals surface area contributed by atoms with E-state index in [0.717, 1.165) is 42.5 Å². The summed E-state index contributed by atoms with van der Waals surface area (Å²) in [6.07, 6.45) is 2.30. The topological polar surface area (TPSA) is 54.9 Å². The molecule has 4 rings (SSSR count). The molecular weight excluding hydrogens is 410 g/mol. The molecule has 0 saturated heterocycles. The highest BCUT2D eigenvalue weighted by Gasteiger charge is 2.21. The Morgan fingerprint density at radius 2 is 1.80 bits per heavy atom. The summed E-state index contributed by atoms with van der Waals surface area (Å²) in [6, 6.07) is 18.5. The minimum atomic E-state index is -0.232. The number of hydrogen-bond donors (Lipinski definition) is 1. The number of aromatic nitrogens is 2. The van der Waals surface area contributed by atoms with Crippen LogP contribution in [0.15, 0.2) is 66.0 Å². The predicted molar refractivity (Wildman–Crippen MR) is 127 cm³/mol. The van der Waals surface area contributed by atoms with Crippen molar-refractivity contribution in [3.63, 3.8) is 0 Å². The van der Waals surface area contributed by atoms with Crippen LogP contribution in [-0.4, -0.2) is 21.1 Å². The van der Waals surface area contributed by atoms with Gasteiger partial charge in [-0.05, 0) is 55.2 Å². The third-order valence-electron chi connectivity index (χ3n) is 4.76. The summed E-state index contributed by atoms with van der Waals surface area (Å²) < 4.78 is 0. The average molecular weight is 434 g/mol. The Balaban J connectivity index is 1.58. The quantitative estimate of drug-likeness (QED) is 0.279. The van der Waals surface area contributed by atoms with Crippen LogP contribution in [0, 0.1) is 13.8 Å². The lowest BCUT2D eigenvalue weighted by Gasteiger charge is -2.15. The first-order valence-corrected chi connectivity index (χ1v) is 11.6. The van der Waals surface area contributed by atoms with Gasteiger partial charge in [-0.15, -0.1) is 11.3 Å². The van der Waals surface area contributed by atoms with Crippen LogP contribution >= 0.6 is 23.1 Å². The molecule has 0 aliphatic carbocycles. The number of rotatable bonds is 6. The summed E-state index contributed by atoms with van der Waals surface area (Å²) >= 11 is 3.15. The molecule has 0 saturated carbocycles. The number of aryl methyl sites for hydroxylation is 2. The third-order valence-corrected chi connectivity index (χ3v) is 7.23. The number of thioether (sulfide) groups is 1. The normalized spacial score (nSPS) is 12.1. The number of nitrogens with one attached hydrogen (secondary N) is 1. The number of carbonyl (C=O) groups is 1. The Bertz CT molecular complexity index is 1170.